The first-order valence-electron chi connectivity index (χ1n) is 6.47. The van der Waals surface area contributed by atoms with Crippen molar-refractivity contribution in [3.8, 4) is 0 Å². The molecule has 1 saturated carbocycles. The summed E-state index contributed by atoms with van der Waals surface area (Å²) in [5.41, 5.74) is 0. The number of rotatable bonds is 5. The van der Waals surface area contributed by atoms with Gasteiger partial charge in [-0.25, -0.2) is 0 Å². The van der Waals surface area contributed by atoms with E-state index in [1.165, 1.54) is 38.5 Å². The molecule has 0 aliphatic heterocycles. The van der Waals surface area contributed by atoms with Gasteiger partial charge < -0.3 is 4.74 Å². The SMILES string of the molecule is CCCC[C@@H]1CCCC[C@H]1OC(=O)CC. The molecule has 0 aromatic rings. The van der Waals surface area contributed by atoms with E-state index in [4.69, 9.17) is 4.74 Å². The summed E-state index contributed by atoms with van der Waals surface area (Å²) in [4.78, 5) is 11.3. The number of carbonyl (C=O) groups excluding carboxylic acids is 1. The molecule has 0 aromatic carbocycles. The van der Waals surface area contributed by atoms with Gasteiger partial charge in [-0.1, -0.05) is 33.1 Å². The third kappa shape index (κ3) is 4.23. The second-order valence-corrected chi connectivity index (χ2v) is 4.57. The van der Waals surface area contributed by atoms with Crippen LogP contribution in [0.25, 0.3) is 0 Å². The maximum Gasteiger partial charge on any atom is 0.305 e. The van der Waals surface area contributed by atoms with Crippen LogP contribution in [0, 0.1) is 5.92 Å². The minimum absolute atomic E-state index is 0.0246. The first-order chi connectivity index (χ1) is 7.27. The molecule has 0 amide bonds. The van der Waals surface area contributed by atoms with E-state index in [0.29, 0.717) is 12.3 Å². The van der Waals surface area contributed by atoms with Gasteiger partial charge in [-0.2, -0.15) is 0 Å². The van der Waals surface area contributed by atoms with E-state index < -0.39 is 0 Å². The lowest BCUT2D eigenvalue weighted by Crippen LogP contribution is -2.29. The predicted octanol–water partition coefficient (Wildman–Crippen LogP) is 3.69. The maximum atomic E-state index is 11.3. The average molecular weight is 212 g/mol. The van der Waals surface area contributed by atoms with Gasteiger partial charge in [-0.3, -0.25) is 4.79 Å². The largest absolute Gasteiger partial charge is 0.462 e. The van der Waals surface area contributed by atoms with Crippen molar-refractivity contribution in [2.24, 2.45) is 5.92 Å². The number of unbranched alkanes of at least 4 members (excludes halogenated alkanes) is 1. The normalized spacial score (nSPS) is 26.3. The summed E-state index contributed by atoms with van der Waals surface area (Å²) in [6, 6.07) is 0. The van der Waals surface area contributed by atoms with E-state index >= 15 is 0 Å². The zero-order valence-electron chi connectivity index (χ0n) is 10.1. The number of carbonyl (C=O) groups is 1. The molecule has 1 rings (SSSR count). The Balaban J connectivity index is 2.38. The molecule has 1 aliphatic carbocycles. The summed E-state index contributed by atoms with van der Waals surface area (Å²) < 4.78 is 5.51. The lowest BCUT2D eigenvalue weighted by Gasteiger charge is -2.31. The minimum atomic E-state index is -0.0246. The van der Waals surface area contributed by atoms with E-state index in [9.17, 15) is 4.79 Å². The summed E-state index contributed by atoms with van der Waals surface area (Å²) in [7, 11) is 0. The number of esters is 1. The third-order valence-corrected chi connectivity index (χ3v) is 3.34. The number of ether oxygens (including phenoxy) is 1. The summed E-state index contributed by atoms with van der Waals surface area (Å²) in [6.07, 6.45) is 9.35. The van der Waals surface area contributed by atoms with Crippen LogP contribution in [0.2, 0.25) is 0 Å². The highest BCUT2D eigenvalue weighted by Crippen LogP contribution is 2.30. The minimum Gasteiger partial charge on any atom is -0.462 e. The Hall–Kier alpha value is -0.530. The van der Waals surface area contributed by atoms with Gasteiger partial charge in [0.15, 0.2) is 0 Å². The Morgan fingerprint density at radius 2 is 2.00 bits per heavy atom. The van der Waals surface area contributed by atoms with Crippen LogP contribution in [0.15, 0.2) is 0 Å². The van der Waals surface area contributed by atoms with E-state index in [0.717, 1.165) is 6.42 Å². The molecule has 0 aromatic heterocycles. The van der Waals surface area contributed by atoms with Gasteiger partial charge >= 0.3 is 5.97 Å². The van der Waals surface area contributed by atoms with E-state index in [2.05, 4.69) is 6.92 Å². The van der Waals surface area contributed by atoms with Crippen LogP contribution in [0.4, 0.5) is 0 Å². The Kier molecular flexibility index (Phi) is 5.74. The van der Waals surface area contributed by atoms with Crippen molar-refractivity contribution in [2.75, 3.05) is 0 Å². The molecule has 88 valence electrons. The van der Waals surface area contributed by atoms with Crippen molar-refractivity contribution in [2.45, 2.75) is 71.3 Å². The monoisotopic (exact) mass is 212 g/mol. The van der Waals surface area contributed by atoms with E-state index in [-0.39, 0.29) is 12.1 Å². The van der Waals surface area contributed by atoms with Crippen LogP contribution < -0.4 is 0 Å². The van der Waals surface area contributed by atoms with Crippen LogP contribution >= 0.6 is 0 Å². The molecule has 1 fully saturated rings. The van der Waals surface area contributed by atoms with Gasteiger partial charge in [0, 0.05) is 6.42 Å². The Labute approximate surface area is 93.4 Å². The standard InChI is InChI=1S/C13H24O2/c1-3-5-8-11-9-6-7-10-12(11)15-13(14)4-2/h11-12H,3-10H2,1-2H3/t11-,12-/m1/s1. The average Bonchev–Trinajstić information content (AvgIpc) is 2.28. The topological polar surface area (TPSA) is 26.3 Å². The molecule has 2 atom stereocenters. The van der Waals surface area contributed by atoms with Gasteiger partial charge in [0.2, 0.25) is 0 Å². The second kappa shape index (κ2) is 6.86. The summed E-state index contributed by atoms with van der Waals surface area (Å²) >= 11 is 0. The van der Waals surface area contributed by atoms with Crippen molar-refractivity contribution in [1.29, 1.82) is 0 Å². The van der Waals surface area contributed by atoms with Gasteiger partial charge in [-0.05, 0) is 31.6 Å². The first-order valence-corrected chi connectivity index (χ1v) is 6.47. The highest BCUT2D eigenvalue weighted by molar-refractivity contribution is 5.69. The first kappa shape index (κ1) is 12.5. The van der Waals surface area contributed by atoms with Gasteiger partial charge in [0.25, 0.3) is 0 Å². The fourth-order valence-corrected chi connectivity index (χ4v) is 2.38. The lowest BCUT2D eigenvalue weighted by atomic mass is 9.83. The Morgan fingerprint density at radius 3 is 2.67 bits per heavy atom. The second-order valence-electron chi connectivity index (χ2n) is 4.57. The molecule has 0 bridgehead atoms. The van der Waals surface area contributed by atoms with Gasteiger partial charge in [-0.15, -0.1) is 0 Å². The fourth-order valence-electron chi connectivity index (χ4n) is 2.38. The molecule has 0 spiro atoms. The molecule has 0 N–H and O–H groups in total. The molecular weight excluding hydrogens is 188 g/mol. The van der Waals surface area contributed by atoms with Crippen LogP contribution in [0.3, 0.4) is 0 Å². The quantitative estimate of drug-likeness (QED) is 0.650. The third-order valence-electron chi connectivity index (χ3n) is 3.34. The van der Waals surface area contributed by atoms with E-state index in [1.54, 1.807) is 0 Å². The fraction of sp³-hybridized carbons (Fsp3) is 0.923. The van der Waals surface area contributed by atoms with Crippen LogP contribution in [0.1, 0.15) is 65.2 Å². The Bertz CT molecular complexity index is 189. The van der Waals surface area contributed by atoms with Gasteiger partial charge in [0.05, 0.1) is 0 Å². The molecule has 15 heavy (non-hydrogen) atoms. The number of hydrogen-bond donors (Lipinski definition) is 0. The van der Waals surface area contributed by atoms with Gasteiger partial charge in [0.1, 0.15) is 6.10 Å². The van der Waals surface area contributed by atoms with Crippen molar-refractivity contribution >= 4 is 5.97 Å². The molecule has 2 nitrogen and oxygen atoms in total. The molecule has 0 unspecified atom stereocenters. The zero-order chi connectivity index (χ0) is 11.1. The summed E-state index contributed by atoms with van der Waals surface area (Å²) in [5, 5.41) is 0. The molecule has 0 heterocycles. The molecule has 0 saturated heterocycles. The van der Waals surface area contributed by atoms with Crippen molar-refractivity contribution in [1.82, 2.24) is 0 Å². The zero-order valence-corrected chi connectivity index (χ0v) is 10.1. The summed E-state index contributed by atoms with van der Waals surface area (Å²) in [5.74, 6) is 0.609. The Morgan fingerprint density at radius 1 is 1.27 bits per heavy atom. The van der Waals surface area contributed by atoms with Crippen LogP contribution in [-0.4, -0.2) is 12.1 Å². The molecule has 1 aliphatic rings. The highest BCUT2D eigenvalue weighted by Gasteiger charge is 2.27. The number of hydrogen-bond acceptors (Lipinski definition) is 2. The van der Waals surface area contributed by atoms with Crippen molar-refractivity contribution < 1.29 is 9.53 Å². The molecular formula is C13H24O2. The van der Waals surface area contributed by atoms with Crippen LogP contribution in [-0.2, 0) is 9.53 Å². The van der Waals surface area contributed by atoms with Crippen LogP contribution in [0.5, 0.6) is 0 Å². The lowest BCUT2D eigenvalue weighted by molar-refractivity contribution is -0.153. The molecule has 2 heteroatoms. The van der Waals surface area contributed by atoms with E-state index in [1.807, 2.05) is 6.92 Å². The predicted molar refractivity (Wildman–Crippen MR) is 61.7 cm³/mol. The highest BCUT2D eigenvalue weighted by atomic mass is 16.5. The molecule has 0 radical (unpaired) electrons. The smallest absolute Gasteiger partial charge is 0.305 e. The van der Waals surface area contributed by atoms with Crippen molar-refractivity contribution in [3.63, 3.8) is 0 Å². The maximum absolute atomic E-state index is 11.3. The summed E-state index contributed by atoms with van der Waals surface area (Å²) in [6.45, 7) is 4.09. The van der Waals surface area contributed by atoms with Crippen molar-refractivity contribution in [3.05, 3.63) is 0 Å².